The van der Waals surface area contributed by atoms with Gasteiger partial charge in [0.05, 0.1) is 12.0 Å². The predicted molar refractivity (Wildman–Crippen MR) is 101 cm³/mol. The first-order valence-electron chi connectivity index (χ1n) is 8.91. The van der Waals surface area contributed by atoms with E-state index in [2.05, 4.69) is 5.10 Å². The molecule has 0 saturated heterocycles. The third-order valence-corrected chi connectivity index (χ3v) is 4.25. The van der Waals surface area contributed by atoms with Gasteiger partial charge >= 0.3 is 5.97 Å². The van der Waals surface area contributed by atoms with E-state index in [-0.39, 0.29) is 12.6 Å². The first kappa shape index (κ1) is 18.6. The molecule has 1 atom stereocenters. The van der Waals surface area contributed by atoms with E-state index in [1.807, 2.05) is 44.2 Å². The fourth-order valence-corrected chi connectivity index (χ4v) is 2.82. The zero-order valence-electron chi connectivity index (χ0n) is 15.4. The summed E-state index contributed by atoms with van der Waals surface area (Å²) in [7, 11) is 0. The summed E-state index contributed by atoms with van der Waals surface area (Å²) in [5.74, 6) is -0.287. The van der Waals surface area contributed by atoms with Gasteiger partial charge in [0, 0.05) is 12.5 Å². The number of furan rings is 1. The number of amides is 1. The number of ether oxygens (including phenoxy) is 1. The highest BCUT2D eigenvalue weighted by Crippen LogP contribution is 2.33. The van der Waals surface area contributed by atoms with Crippen LogP contribution in [0.5, 0.6) is 0 Å². The Morgan fingerprint density at radius 3 is 2.74 bits per heavy atom. The molecule has 0 saturated carbocycles. The lowest BCUT2D eigenvalue weighted by Crippen LogP contribution is -2.31. The van der Waals surface area contributed by atoms with Crippen LogP contribution >= 0.6 is 0 Å². The normalized spacial score (nSPS) is 16.6. The van der Waals surface area contributed by atoms with E-state index in [1.54, 1.807) is 18.4 Å². The first-order valence-corrected chi connectivity index (χ1v) is 8.91. The Morgan fingerprint density at radius 2 is 2.07 bits per heavy atom. The minimum Gasteiger partial charge on any atom is -0.467 e. The van der Waals surface area contributed by atoms with Crippen molar-refractivity contribution in [3.05, 3.63) is 71.7 Å². The van der Waals surface area contributed by atoms with Crippen molar-refractivity contribution >= 4 is 17.6 Å². The molecule has 0 spiro atoms. The Hall–Kier alpha value is -3.15. The molecule has 6 nitrogen and oxygen atoms in total. The summed E-state index contributed by atoms with van der Waals surface area (Å²) in [5.41, 5.74) is 2.90. The van der Waals surface area contributed by atoms with Gasteiger partial charge in [0.2, 0.25) is 0 Å². The van der Waals surface area contributed by atoms with Crippen LogP contribution < -0.4 is 0 Å². The fraction of sp³-hybridized carbons (Fsp3) is 0.286. The summed E-state index contributed by atoms with van der Waals surface area (Å²) in [6, 6.07) is 11.2. The molecule has 140 valence electrons. The number of rotatable bonds is 6. The predicted octanol–water partition coefficient (Wildman–Crippen LogP) is 3.78. The highest BCUT2D eigenvalue weighted by atomic mass is 16.5. The lowest BCUT2D eigenvalue weighted by atomic mass is 10.0. The number of benzene rings is 1. The second-order valence-electron chi connectivity index (χ2n) is 6.30. The van der Waals surface area contributed by atoms with Crippen LogP contribution in [-0.2, 0) is 14.3 Å². The molecule has 1 aromatic carbocycles. The summed E-state index contributed by atoms with van der Waals surface area (Å²) in [6.07, 6.45) is 5.83. The van der Waals surface area contributed by atoms with Gasteiger partial charge in [-0.25, -0.2) is 9.80 Å². The number of carbonyl (C=O) groups excluding carboxylic acids is 2. The number of hydrogen-bond donors (Lipinski definition) is 0. The molecule has 2 aromatic rings. The second-order valence-corrected chi connectivity index (χ2v) is 6.30. The van der Waals surface area contributed by atoms with Crippen molar-refractivity contribution in [2.45, 2.75) is 32.7 Å². The minimum absolute atomic E-state index is 0.353. The molecule has 0 unspecified atom stereocenters. The Kier molecular flexibility index (Phi) is 5.86. The number of carbonyl (C=O) groups is 2. The summed E-state index contributed by atoms with van der Waals surface area (Å²) in [4.78, 5) is 24.3. The number of aryl methyl sites for hydroxylation is 1. The van der Waals surface area contributed by atoms with Gasteiger partial charge in [-0.05, 0) is 31.0 Å². The number of esters is 1. The van der Waals surface area contributed by atoms with Crippen LogP contribution in [0.1, 0.15) is 42.7 Å². The van der Waals surface area contributed by atoms with Gasteiger partial charge < -0.3 is 9.15 Å². The molecule has 2 heterocycles. The van der Waals surface area contributed by atoms with Crippen LogP contribution in [0.3, 0.4) is 0 Å². The summed E-state index contributed by atoms with van der Waals surface area (Å²) < 4.78 is 10.5. The van der Waals surface area contributed by atoms with Gasteiger partial charge in [0.15, 0.2) is 6.61 Å². The van der Waals surface area contributed by atoms with E-state index in [0.29, 0.717) is 12.2 Å². The Morgan fingerprint density at radius 1 is 1.30 bits per heavy atom. The maximum atomic E-state index is 12.6. The SMILES string of the molecule is CC/C=C/C(=O)OCC(=O)N1N=C(c2ccc(C)cc2)C[C@H]1c1ccco1. The van der Waals surface area contributed by atoms with Gasteiger partial charge in [0.1, 0.15) is 11.8 Å². The molecule has 0 N–H and O–H groups in total. The lowest BCUT2D eigenvalue weighted by Gasteiger charge is -2.19. The van der Waals surface area contributed by atoms with Crippen molar-refractivity contribution in [1.29, 1.82) is 0 Å². The molecule has 1 aliphatic heterocycles. The van der Waals surface area contributed by atoms with Crippen LogP contribution in [0.2, 0.25) is 0 Å². The second kappa shape index (κ2) is 8.49. The van der Waals surface area contributed by atoms with Gasteiger partial charge in [0.25, 0.3) is 5.91 Å². The van der Waals surface area contributed by atoms with Crippen LogP contribution in [0.25, 0.3) is 0 Å². The standard InChI is InChI=1S/C21H22N2O4/c1-3-4-7-21(25)27-14-20(24)23-18(19-6-5-12-26-19)13-17(22-23)16-10-8-15(2)9-11-16/h4-12,18H,3,13-14H2,1-2H3/b7-4+/t18-/m0/s1. The Labute approximate surface area is 158 Å². The van der Waals surface area contributed by atoms with Crippen LogP contribution in [0.4, 0.5) is 0 Å². The highest BCUT2D eigenvalue weighted by molar-refractivity contribution is 6.03. The molecule has 27 heavy (non-hydrogen) atoms. The van der Waals surface area contributed by atoms with Gasteiger partial charge in [-0.3, -0.25) is 4.79 Å². The van der Waals surface area contributed by atoms with Gasteiger partial charge in [-0.1, -0.05) is 42.8 Å². The highest BCUT2D eigenvalue weighted by Gasteiger charge is 2.35. The molecule has 0 radical (unpaired) electrons. The summed E-state index contributed by atoms with van der Waals surface area (Å²) in [5, 5.41) is 5.85. The van der Waals surface area contributed by atoms with Crippen molar-refractivity contribution in [3.63, 3.8) is 0 Å². The molecule has 1 aromatic heterocycles. The van der Waals surface area contributed by atoms with E-state index >= 15 is 0 Å². The third-order valence-electron chi connectivity index (χ3n) is 4.25. The minimum atomic E-state index is -0.540. The first-order chi connectivity index (χ1) is 13.1. The molecule has 0 fully saturated rings. The van der Waals surface area contributed by atoms with Crippen LogP contribution in [-0.4, -0.2) is 29.2 Å². The Balaban J connectivity index is 1.77. The number of hydrazone groups is 1. The summed E-state index contributed by atoms with van der Waals surface area (Å²) >= 11 is 0. The number of hydrogen-bond acceptors (Lipinski definition) is 5. The van der Waals surface area contributed by atoms with E-state index in [0.717, 1.165) is 23.3 Å². The monoisotopic (exact) mass is 366 g/mol. The average Bonchev–Trinajstić information content (AvgIpc) is 3.34. The smallest absolute Gasteiger partial charge is 0.330 e. The fourth-order valence-electron chi connectivity index (χ4n) is 2.82. The van der Waals surface area contributed by atoms with Gasteiger partial charge in [-0.2, -0.15) is 5.10 Å². The molecule has 1 amide bonds. The molecular weight excluding hydrogens is 344 g/mol. The maximum Gasteiger partial charge on any atom is 0.330 e. The zero-order chi connectivity index (χ0) is 19.2. The van der Waals surface area contributed by atoms with Crippen LogP contribution in [0.15, 0.2) is 64.3 Å². The van der Waals surface area contributed by atoms with E-state index < -0.39 is 11.9 Å². The van der Waals surface area contributed by atoms with E-state index in [4.69, 9.17) is 9.15 Å². The molecule has 6 heteroatoms. The van der Waals surface area contributed by atoms with Crippen molar-refractivity contribution in [3.8, 4) is 0 Å². The largest absolute Gasteiger partial charge is 0.467 e. The molecule has 0 aliphatic carbocycles. The van der Waals surface area contributed by atoms with Gasteiger partial charge in [-0.15, -0.1) is 0 Å². The number of allylic oxidation sites excluding steroid dienone is 1. The van der Waals surface area contributed by atoms with Crippen molar-refractivity contribution in [2.75, 3.05) is 6.61 Å². The number of nitrogens with zero attached hydrogens (tertiary/aromatic N) is 2. The maximum absolute atomic E-state index is 12.6. The van der Waals surface area contributed by atoms with E-state index in [1.165, 1.54) is 11.1 Å². The van der Waals surface area contributed by atoms with Crippen molar-refractivity contribution in [2.24, 2.45) is 5.10 Å². The quantitative estimate of drug-likeness (QED) is 0.576. The Bertz CT molecular complexity index is 851. The summed E-state index contributed by atoms with van der Waals surface area (Å²) in [6.45, 7) is 3.56. The van der Waals surface area contributed by atoms with Crippen molar-refractivity contribution in [1.82, 2.24) is 5.01 Å². The van der Waals surface area contributed by atoms with E-state index in [9.17, 15) is 9.59 Å². The lowest BCUT2D eigenvalue weighted by molar-refractivity contribution is -0.149. The topological polar surface area (TPSA) is 72.1 Å². The molecule has 0 bridgehead atoms. The molecular formula is C21H22N2O4. The zero-order valence-corrected chi connectivity index (χ0v) is 15.4. The van der Waals surface area contributed by atoms with Crippen LogP contribution in [0, 0.1) is 6.92 Å². The average molecular weight is 366 g/mol. The third kappa shape index (κ3) is 4.53. The van der Waals surface area contributed by atoms with Crippen molar-refractivity contribution < 1.29 is 18.7 Å². The molecule has 3 rings (SSSR count). The molecule has 1 aliphatic rings.